The Morgan fingerprint density at radius 3 is 2.50 bits per heavy atom. The highest BCUT2D eigenvalue weighted by Gasteiger charge is 2.39. The Morgan fingerprint density at radius 1 is 1.09 bits per heavy atom. The van der Waals surface area contributed by atoms with Gasteiger partial charge in [-0.2, -0.15) is 13.2 Å². The van der Waals surface area contributed by atoms with Gasteiger partial charge in [0.25, 0.3) is 5.91 Å². The van der Waals surface area contributed by atoms with Gasteiger partial charge in [0.1, 0.15) is 11.8 Å². The van der Waals surface area contributed by atoms with Crippen LogP contribution in [0.5, 0.6) is 5.88 Å². The molecule has 9 heteroatoms. The van der Waals surface area contributed by atoms with Crippen molar-refractivity contribution in [3.05, 3.63) is 72.3 Å². The summed E-state index contributed by atoms with van der Waals surface area (Å²) in [6, 6.07) is 11.2. The molecule has 4 rings (SSSR count). The van der Waals surface area contributed by atoms with E-state index in [0.29, 0.717) is 25.1 Å². The summed E-state index contributed by atoms with van der Waals surface area (Å²) in [6.45, 7) is 2.37. The zero-order valence-electron chi connectivity index (χ0n) is 17.3. The molecule has 166 valence electrons. The van der Waals surface area contributed by atoms with Crippen LogP contribution in [0.4, 0.5) is 13.2 Å². The molecule has 0 saturated carbocycles. The number of benzene rings is 1. The van der Waals surface area contributed by atoms with E-state index in [4.69, 9.17) is 4.74 Å². The highest BCUT2D eigenvalue weighted by Crippen LogP contribution is 2.31. The monoisotopic (exact) mass is 442 g/mol. The van der Waals surface area contributed by atoms with E-state index >= 15 is 0 Å². The van der Waals surface area contributed by atoms with Crippen LogP contribution in [-0.2, 0) is 6.18 Å². The molecule has 0 N–H and O–H groups in total. The fourth-order valence-electron chi connectivity index (χ4n) is 3.91. The van der Waals surface area contributed by atoms with Crippen LogP contribution in [0, 0.1) is 0 Å². The van der Waals surface area contributed by atoms with E-state index in [1.807, 2.05) is 37.3 Å². The summed E-state index contributed by atoms with van der Waals surface area (Å²) < 4.78 is 44.2. The number of ether oxygens (including phenoxy) is 1. The summed E-state index contributed by atoms with van der Waals surface area (Å²) in [7, 11) is 0. The largest absolute Gasteiger partial charge is 0.472 e. The van der Waals surface area contributed by atoms with Crippen LogP contribution < -0.4 is 4.74 Å². The summed E-state index contributed by atoms with van der Waals surface area (Å²) in [5.74, 6) is -0.157. The number of pyridine rings is 1. The molecule has 6 nitrogen and oxygen atoms in total. The van der Waals surface area contributed by atoms with E-state index in [1.165, 1.54) is 12.3 Å². The summed E-state index contributed by atoms with van der Waals surface area (Å²) in [5, 5.41) is 0. The van der Waals surface area contributed by atoms with Crippen LogP contribution in [-0.4, -0.2) is 44.4 Å². The molecule has 0 spiro atoms. The van der Waals surface area contributed by atoms with E-state index in [-0.39, 0.29) is 29.6 Å². The number of carbonyl (C=O) groups excluding carboxylic acids is 1. The molecule has 2 unspecified atom stereocenters. The molecule has 1 fully saturated rings. The minimum Gasteiger partial charge on any atom is -0.472 e. The van der Waals surface area contributed by atoms with E-state index in [2.05, 4.69) is 15.0 Å². The Bertz CT molecular complexity index is 1070. The lowest BCUT2D eigenvalue weighted by Crippen LogP contribution is -2.41. The molecular weight excluding hydrogens is 421 g/mol. The van der Waals surface area contributed by atoms with Gasteiger partial charge in [0, 0.05) is 43.2 Å². The number of nitrogens with zero attached hydrogens (tertiary/aromatic N) is 4. The maximum absolute atomic E-state index is 13.4. The maximum atomic E-state index is 13.4. The van der Waals surface area contributed by atoms with Gasteiger partial charge in [0.15, 0.2) is 5.69 Å². The number of halogens is 3. The Morgan fingerprint density at radius 2 is 1.84 bits per heavy atom. The Hall–Kier alpha value is -3.49. The minimum atomic E-state index is -4.46. The van der Waals surface area contributed by atoms with E-state index in [0.717, 1.165) is 17.8 Å². The molecule has 32 heavy (non-hydrogen) atoms. The molecule has 3 heterocycles. The maximum Gasteiger partial charge on any atom is 0.417 e. The second kappa shape index (κ2) is 8.94. The lowest BCUT2D eigenvalue weighted by atomic mass is 10.1. The van der Waals surface area contributed by atoms with Crippen LogP contribution in [0.25, 0.3) is 11.3 Å². The topological polar surface area (TPSA) is 68.2 Å². The molecule has 0 aliphatic carbocycles. The van der Waals surface area contributed by atoms with Crippen LogP contribution in [0.2, 0.25) is 0 Å². The lowest BCUT2D eigenvalue weighted by molar-refractivity contribution is -0.137. The normalized spacial score (nSPS) is 18.6. The Labute approximate surface area is 183 Å². The molecule has 1 amide bonds. The number of aromatic nitrogens is 3. The highest BCUT2D eigenvalue weighted by atomic mass is 19.4. The van der Waals surface area contributed by atoms with Crippen molar-refractivity contribution in [1.29, 1.82) is 0 Å². The van der Waals surface area contributed by atoms with Crippen molar-refractivity contribution >= 4 is 5.91 Å². The molecule has 1 aliphatic rings. The molecule has 2 atom stereocenters. The number of rotatable bonds is 5. The third-order valence-corrected chi connectivity index (χ3v) is 5.45. The van der Waals surface area contributed by atoms with Crippen molar-refractivity contribution in [2.24, 2.45) is 0 Å². The quantitative estimate of drug-likeness (QED) is 0.576. The third kappa shape index (κ3) is 4.42. The van der Waals surface area contributed by atoms with Gasteiger partial charge in [-0.15, -0.1) is 0 Å². The molecule has 2 aromatic heterocycles. The summed E-state index contributed by atoms with van der Waals surface area (Å²) >= 11 is 0. The fourth-order valence-corrected chi connectivity index (χ4v) is 3.91. The van der Waals surface area contributed by atoms with Crippen molar-refractivity contribution in [2.45, 2.75) is 38.1 Å². The van der Waals surface area contributed by atoms with Gasteiger partial charge < -0.3 is 9.64 Å². The van der Waals surface area contributed by atoms with Crippen molar-refractivity contribution in [3.63, 3.8) is 0 Å². The zero-order chi connectivity index (χ0) is 22.7. The number of alkyl halides is 3. The summed E-state index contributed by atoms with van der Waals surface area (Å²) in [4.78, 5) is 27.5. The van der Waals surface area contributed by atoms with Crippen LogP contribution in [0.1, 0.15) is 35.8 Å². The third-order valence-electron chi connectivity index (χ3n) is 5.45. The molecular formula is C23H21F3N4O2. The SMILES string of the molecule is CCC1C(Oc2ccc(C(F)(F)F)cn2)CCN1C(=O)c1nccnc1-c1ccccc1. The minimum absolute atomic E-state index is 0.0974. The first-order valence-electron chi connectivity index (χ1n) is 10.3. The van der Waals surface area contributed by atoms with Crippen molar-refractivity contribution in [2.75, 3.05) is 6.54 Å². The number of hydrogen-bond donors (Lipinski definition) is 0. The van der Waals surface area contributed by atoms with Crippen LogP contribution in [0.15, 0.2) is 61.1 Å². The van der Waals surface area contributed by atoms with Gasteiger partial charge in [0.05, 0.1) is 11.6 Å². The summed E-state index contributed by atoms with van der Waals surface area (Å²) in [5.41, 5.74) is 0.710. The summed E-state index contributed by atoms with van der Waals surface area (Å²) in [6.07, 6.45) is 0.0804. The van der Waals surface area contributed by atoms with Gasteiger partial charge in [-0.1, -0.05) is 37.3 Å². The second-order valence-electron chi connectivity index (χ2n) is 7.42. The van der Waals surface area contributed by atoms with Gasteiger partial charge in [-0.05, 0) is 12.5 Å². The average molecular weight is 442 g/mol. The predicted octanol–water partition coefficient (Wildman–Crippen LogP) is 4.63. The molecule has 1 saturated heterocycles. The number of hydrogen-bond acceptors (Lipinski definition) is 5. The Kier molecular flexibility index (Phi) is 6.07. The molecule has 0 radical (unpaired) electrons. The van der Waals surface area contributed by atoms with Crippen molar-refractivity contribution < 1.29 is 22.7 Å². The first-order chi connectivity index (χ1) is 15.4. The van der Waals surface area contributed by atoms with E-state index in [9.17, 15) is 18.0 Å². The van der Waals surface area contributed by atoms with Crippen molar-refractivity contribution in [3.8, 4) is 17.1 Å². The second-order valence-corrected chi connectivity index (χ2v) is 7.42. The van der Waals surface area contributed by atoms with Crippen LogP contribution in [0.3, 0.4) is 0 Å². The number of likely N-dealkylation sites (tertiary alicyclic amines) is 1. The molecule has 1 aromatic carbocycles. The van der Waals surface area contributed by atoms with E-state index < -0.39 is 11.7 Å². The molecule has 3 aromatic rings. The molecule has 0 bridgehead atoms. The van der Waals surface area contributed by atoms with Gasteiger partial charge >= 0.3 is 6.18 Å². The smallest absolute Gasteiger partial charge is 0.417 e. The van der Waals surface area contributed by atoms with Gasteiger partial charge in [0.2, 0.25) is 5.88 Å². The predicted molar refractivity (Wildman–Crippen MR) is 111 cm³/mol. The first-order valence-corrected chi connectivity index (χ1v) is 10.3. The first kappa shape index (κ1) is 21.7. The lowest BCUT2D eigenvalue weighted by Gasteiger charge is -2.27. The average Bonchev–Trinajstić information content (AvgIpc) is 3.21. The number of carbonyl (C=O) groups is 1. The van der Waals surface area contributed by atoms with E-state index in [1.54, 1.807) is 11.1 Å². The Balaban J connectivity index is 1.53. The number of amides is 1. The van der Waals surface area contributed by atoms with Crippen molar-refractivity contribution in [1.82, 2.24) is 19.9 Å². The van der Waals surface area contributed by atoms with Gasteiger partial charge in [-0.3, -0.25) is 9.78 Å². The zero-order valence-corrected chi connectivity index (χ0v) is 17.3. The molecule has 1 aliphatic heterocycles. The highest BCUT2D eigenvalue weighted by molar-refractivity contribution is 5.98. The standard InChI is InChI=1S/C23H21F3N4O2/c1-2-17-18(32-19-9-8-16(14-29-19)23(24,25)26)10-13-30(17)22(31)21-20(27-11-12-28-21)15-6-4-3-5-7-15/h3-9,11-12,14,17-18H,2,10,13H2,1H3. The fraction of sp³-hybridized carbons (Fsp3) is 0.304. The van der Waals surface area contributed by atoms with Crippen LogP contribution >= 0.6 is 0 Å². The van der Waals surface area contributed by atoms with Gasteiger partial charge in [-0.25, -0.2) is 9.97 Å².